The van der Waals surface area contributed by atoms with Crippen molar-refractivity contribution in [1.82, 2.24) is 10.6 Å². The molecule has 2 unspecified atom stereocenters. The Morgan fingerprint density at radius 2 is 1.71 bits per heavy atom. The first kappa shape index (κ1) is 22.6. The van der Waals surface area contributed by atoms with Gasteiger partial charge in [-0.15, -0.1) is 11.3 Å². The number of alkyl halides is 3. The maximum absolute atomic E-state index is 13.0. The molecule has 0 saturated carbocycles. The minimum absolute atomic E-state index is 0.249. The van der Waals surface area contributed by atoms with E-state index in [9.17, 15) is 22.8 Å². The van der Waals surface area contributed by atoms with E-state index in [4.69, 9.17) is 0 Å². The van der Waals surface area contributed by atoms with Crippen LogP contribution in [-0.4, -0.2) is 17.9 Å². The fraction of sp³-hybridized carbons (Fsp3) is 0.217. The molecule has 2 atom stereocenters. The van der Waals surface area contributed by atoms with E-state index in [0.29, 0.717) is 10.4 Å². The molecule has 1 aromatic heterocycles. The topological polar surface area (TPSA) is 58.2 Å². The highest BCUT2D eigenvalue weighted by Gasteiger charge is 2.31. The summed E-state index contributed by atoms with van der Waals surface area (Å²) in [7, 11) is 0. The van der Waals surface area contributed by atoms with Gasteiger partial charge in [0, 0.05) is 6.42 Å². The van der Waals surface area contributed by atoms with Crippen molar-refractivity contribution in [2.24, 2.45) is 0 Å². The predicted molar refractivity (Wildman–Crippen MR) is 114 cm³/mol. The molecule has 2 aromatic carbocycles. The molecule has 3 aromatic rings. The average molecular weight is 446 g/mol. The Morgan fingerprint density at radius 3 is 2.35 bits per heavy atom. The van der Waals surface area contributed by atoms with Crippen molar-refractivity contribution in [1.29, 1.82) is 0 Å². The summed E-state index contributed by atoms with van der Waals surface area (Å²) in [5.41, 5.74) is 0.394. The number of amides is 2. The second kappa shape index (κ2) is 9.78. The number of hydrogen-bond donors (Lipinski definition) is 2. The van der Waals surface area contributed by atoms with Crippen LogP contribution >= 0.6 is 11.3 Å². The fourth-order valence-corrected chi connectivity index (χ4v) is 3.70. The lowest BCUT2D eigenvalue weighted by molar-refractivity contribution is -0.137. The van der Waals surface area contributed by atoms with E-state index in [2.05, 4.69) is 10.6 Å². The van der Waals surface area contributed by atoms with Crippen molar-refractivity contribution in [3.63, 3.8) is 0 Å². The number of benzene rings is 2. The summed E-state index contributed by atoms with van der Waals surface area (Å²) in [5.74, 6) is -0.850. The second-order valence-corrected chi connectivity index (χ2v) is 7.99. The SMILES string of the molecule is CC(NC(=O)C(Cc1ccccc1)NC(=O)c1cccs1)c1cccc(C(F)(F)F)c1. The highest BCUT2D eigenvalue weighted by Crippen LogP contribution is 2.30. The lowest BCUT2D eigenvalue weighted by Gasteiger charge is -2.22. The van der Waals surface area contributed by atoms with Crippen LogP contribution in [0.1, 0.15) is 39.3 Å². The molecule has 8 heteroatoms. The van der Waals surface area contributed by atoms with Crippen molar-refractivity contribution >= 4 is 23.2 Å². The van der Waals surface area contributed by atoms with Gasteiger partial charge in [0.15, 0.2) is 0 Å². The van der Waals surface area contributed by atoms with Crippen LogP contribution in [0.2, 0.25) is 0 Å². The zero-order valence-corrected chi connectivity index (χ0v) is 17.5. The molecule has 31 heavy (non-hydrogen) atoms. The summed E-state index contributed by atoms with van der Waals surface area (Å²) in [5, 5.41) is 7.23. The van der Waals surface area contributed by atoms with Crippen molar-refractivity contribution in [3.05, 3.63) is 93.7 Å². The summed E-state index contributed by atoms with van der Waals surface area (Å²) < 4.78 is 39.0. The average Bonchev–Trinajstić information content (AvgIpc) is 3.28. The van der Waals surface area contributed by atoms with Crippen molar-refractivity contribution in [2.75, 3.05) is 0 Å². The Bertz CT molecular complexity index is 1020. The highest BCUT2D eigenvalue weighted by atomic mass is 32.1. The lowest BCUT2D eigenvalue weighted by Crippen LogP contribution is -2.48. The fourth-order valence-electron chi connectivity index (χ4n) is 3.08. The molecular formula is C23H21F3N2O2S. The van der Waals surface area contributed by atoms with Gasteiger partial charge >= 0.3 is 6.18 Å². The zero-order valence-electron chi connectivity index (χ0n) is 16.6. The normalized spacial score (nSPS) is 13.3. The number of hydrogen-bond acceptors (Lipinski definition) is 3. The third-order valence-corrected chi connectivity index (χ3v) is 5.59. The molecule has 1 heterocycles. The van der Waals surface area contributed by atoms with Crippen LogP contribution in [0.3, 0.4) is 0 Å². The Hall–Kier alpha value is -3.13. The molecule has 0 fully saturated rings. The van der Waals surface area contributed by atoms with Crippen LogP contribution in [0.25, 0.3) is 0 Å². The Labute approximate surface area is 182 Å². The summed E-state index contributed by atoms with van der Waals surface area (Å²) in [4.78, 5) is 26.0. The lowest BCUT2D eigenvalue weighted by atomic mass is 10.0. The van der Waals surface area contributed by atoms with E-state index in [1.807, 2.05) is 30.3 Å². The first-order valence-corrected chi connectivity index (χ1v) is 10.5. The minimum atomic E-state index is -4.47. The van der Waals surface area contributed by atoms with Crippen molar-refractivity contribution in [3.8, 4) is 0 Å². The van der Waals surface area contributed by atoms with E-state index in [1.165, 1.54) is 23.5 Å². The van der Waals surface area contributed by atoms with Crippen LogP contribution in [0.4, 0.5) is 13.2 Å². The molecule has 4 nitrogen and oxygen atoms in total. The maximum Gasteiger partial charge on any atom is 0.416 e. The second-order valence-electron chi connectivity index (χ2n) is 7.05. The number of rotatable bonds is 7. The van der Waals surface area contributed by atoms with Gasteiger partial charge in [0.2, 0.25) is 5.91 Å². The zero-order chi connectivity index (χ0) is 22.4. The molecule has 2 amide bonds. The largest absolute Gasteiger partial charge is 0.416 e. The van der Waals surface area contributed by atoms with Gasteiger partial charge in [0.05, 0.1) is 16.5 Å². The van der Waals surface area contributed by atoms with Gasteiger partial charge in [-0.3, -0.25) is 9.59 Å². The third-order valence-electron chi connectivity index (χ3n) is 4.72. The molecule has 0 bridgehead atoms. The van der Waals surface area contributed by atoms with Crippen molar-refractivity contribution < 1.29 is 22.8 Å². The first-order chi connectivity index (χ1) is 14.7. The van der Waals surface area contributed by atoms with Gasteiger partial charge in [0.1, 0.15) is 6.04 Å². The molecule has 0 aliphatic heterocycles. The Balaban J connectivity index is 1.76. The van der Waals surface area contributed by atoms with E-state index in [-0.39, 0.29) is 12.3 Å². The standard InChI is InChI=1S/C23H21F3N2O2S/c1-15(17-9-5-10-18(14-17)23(24,25)26)27-21(29)19(13-16-7-3-2-4-8-16)28-22(30)20-11-6-12-31-20/h2-12,14-15,19H,13H2,1H3,(H,27,29)(H,28,30). The summed E-state index contributed by atoms with van der Waals surface area (Å²) in [6.45, 7) is 1.61. The van der Waals surface area contributed by atoms with E-state index >= 15 is 0 Å². The highest BCUT2D eigenvalue weighted by molar-refractivity contribution is 7.12. The molecule has 0 aliphatic carbocycles. The Morgan fingerprint density at radius 1 is 0.968 bits per heavy atom. The van der Waals surface area contributed by atoms with Gasteiger partial charge in [0.25, 0.3) is 5.91 Å². The quantitative estimate of drug-likeness (QED) is 0.538. The van der Waals surface area contributed by atoms with Gasteiger partial charge < -0.3 is 10.6 Å². The van der Waals surface area contributed by atoms with Gasteiger partial charge in [-0.05, 0) is 41.6 Å². The molecule has 0 aliphatic rings. The third kappa shape index (κ3) is 6.18. The van der Waals surface area contributed by atoms with Crippen LogP contribution < -0.4 is 10.6 Å². The van der Waals surface area contributed by atoms with E-state index in [0.717, 1.165) is 17.7 Å². The molecule has 162 valence electrons. The number of thiophene rings is 1. The molecule has 0 spiro atoms. The first-order valence-electron chi connectivity index (χ1n) is 9.60. The molecule has 2 N–H and O–H groups in total. The van der Waals surface area contributed by atoms with E-state index in [1.54, 1.807) is 24.4 Å². The molecule has 0 saturated heterocycles. The van der Waals surface area contributed by atoms with Crippen LogP contribution in [0.15, 0.2) is 72.1 Å². The number of nitrogens with one attached hydrogen (secondary N) is 2. The van der Waals surface area contributed by atoms with Crippen LogP contribution in [-0.2, 0) is 17.4 Å². The number of carbonyl (C=O) groups excluding carboxylic acids is 2. The summed E-state index contributed by atoms with van der Waals surface area (Å²) in [6.07, 6.45) is -4.22. The van der Waals surface area contributed by atoms with Crippen LogP contribution in [0.5, 0.6) is 0 Å². The molecule has 0 radical (unpaired) electrons. The maximum atomic E-state index is 13.0. The van der Waals surface area contributed by atoms with Gasteiger partial charge in [-0.25, -0.2) is 0 Å². The van der Waals surface area contributed by atoms with Crippen molar-refractivity contribution in [2.45, 2.75) is 31.6 Å². The monoisotopic (exact) mass is 446 g/mol. The predicted octanol–water partition coefficient (Wildman–Crippen LogP) is 4.99. The molecule has 3 rings (SSSR count). The van der Waals surface area contributed by atoms with Crippen LogP contribution in [0, 0.1) is 0 Å². The summed E-state index contributed by atoms with van der Waals surface area (Å²) >= 11 is 1.26. The summed E-state index contributed by atoms with van der Waals surface area (Å²) in [6, 6.07) is 15.9. The molecular weight excluding hydrogens is 425 g/mol. The number of halogens is 3. The smallest absolute Gasteiger partial charge is 0.348 e. The Kier molecular flexibility index (Phi) is 7.12. The van der Waals surface area contributed by atoms with Gasteiger partial charge in [-0.2, -0.15) is 13.2 Å². The minimum Gasteiger partial charge on any atom is -0.348 e. The number of carbonyl (C=O) groups is 2. The van der Waals surface area contributed by atoms with Gasteiger partial charge in [-0.1, -0.05) is 48.5 Å². The van der Waals surface area contributed by atoms with E-state index < -0.39 is 29.7 Å².